The third-order valence-corrected chi connectivity index (χ3v) is 2.46. The summed E-state index contributed by atoms with van der Waals surface area (Å²) in [7, 11) is 0. The number of rotatable bonds is 3. The first kappa shape index (κ1) is 12.5. The van der Waals surface area contributed by atoms with Crippen LogP contribution in [0.4, 0.5) is 10.5 Å². The van der Waals surface area contributed by atoms with Gasteiger partial charge in [-0.25, -0.2) is 9.59 Å². The topological polar surface area (TPSA) is 78.4 Å². The SMILES string of the molecule is CCNC(=O)Nc1ccc(C(=O)O)cc1Br. The number of urea groups is 1. The summed E-state index contributed by atoms with van der Waals surface area (Å²) in [5.41, 5.74) is 0.685. The first-order valence-corrected chi connectivity index (χ1v) is 5.41. The summed E-state index contributed by atoms with van der Waals surface area (Å²) in [5, 5.41) is 13.9. The van der Waals surface area contributed by atoms with E-state index in [0.717, 1.165) is 0 Å². The Balaban J connectivity index is 2.83. The van der Waals surface area contributed by atoms with Crippen molar-refractivity contribution in [2.45, 2.75) is 6.92 Å². The minimum Gasteiger partial charge on any atom is -0.478 e. The summed E-state index contributed by atoms with van der Waals surface area (Å²) in [6.07, 6.45) is 0. The van der Waals surface area contributed by atoms with E-state index in [1.807, 2.05) is 6.92 Å². The summed E-state index contributed by atoms with van der Waals surface area (Å²) in [4.78, 5) is 21.9. The zero-order chi connectivity index (χ0) is 12.1. The van der Waals surface area contributed by atoms with Crippen molar-refractivity contribution in [1.29, 1.82) is 0 Å². The molecule has 0 unspecified atom stereocenters. The third kappa shape index (κ3) is 3.23. The summed E-state index contributed by atoms with van der Waals surface area (Å²) in [5.74, 6) is -1.01. The van der Waals surface area contributed by atoms with Gasteiger partial charge in [0, 0.05) is 11.0 Å². The second-order valence-corrected chi connectivity index (χ2v) is 3.84. The molecule has 1 aromatic carbocycles. The summed E-state index contributed by atoms with van der Waals surface area (Å²) >= 11 is 3.19. The molecule has 5 nitrogen and oxygen atoms in total. The van der Waals surface area contributed by atoms with Crippen molar-refractivity contribution in [3.63, 3.8) is 0 Å². The molecule has 0 atom stereocenters. The van der Waals surface area contributed by atoms with Crippen molar-refractivity contribution in [2.75, 3.05) is 11.9 Å². The number of anilines is 1. The number of nitrogens with one attached hydrogen (secondary N) is 2. The molecule has 1 aromatic rings. The minimum absolute atomic E-state index is 0.160. The van der Waals surface area contributed by atoms with Crippen molar-refractivity contribution < 1.29 is 14.7 Å². The number of carbonyl (C=O) groups is 2. The van der Waals surface area contributed by atoms with Crippen LogP contribution < -0.4 is 10.6 Å². The average Bonchev–Trinajstić information content (AvgIpc) is 2.21. The van der Waals surface area contributed by atoms with E-state index in [1.54, 1.807) is 0 Å². The van der Waals surface area contributed by atoms with Crippen LogP contribution in [0.2, 0.25) is 0 Å². The first-order chi connectivity index (χ1) is 7.54. The van der Waals surface area contributed by atoms with Gasteiger partial charge in [-0.2, -0.15) is 0 Å². The van der Waals surface area contributed by atoms with Crippen LogP contribution in [0.15, 0.2) is 22.7 Å². The second-order valence-electron chi connectivity index (χ2n) is 2.98. The van der Waals surface area contributed by atoms with Crippen molar-refractivity contribution in [3.8, 4) is 0 Å². The van der Waals surface area contributed by atoms with Crippen LogP contribution in [-0.4, -0.2) is 23.7 Å². The molecule has 0 heterocycles. The van der Waals surface area contributed by atoms with Gasteiger partial charge in [0.15, 0.2) is 0 Å². The Labute approximate surface area is 101 Å². The lowest BCUT2D eigenvalue weighted by Gasteiger charge is -2.08. The lowest BCUT2D eigenvalue weighted by molar-refractivity contribution is 0.0697. The van der Waals surface area contributed by atoms with Crippen molar-refractivity contribution in [2.24, 2.45) is 0 Å². The Bertz CT molecular complexity index is 421. The van der Waals surface area contributed by atoms with Crippen molar-refractivity contribution >= 4 is 33.6 Å². The monoisotopic (exact) mass is 286 g/mol. The molecule has 0 fully saturated rings. The number of amides is 2. The number of carbonyl (C=O) groups excluding carboxylic acids is 1. The van der Waals surface area contributed by atoms with Crippen molar-refractivity contribution in [3.05, 3.63) is 28.2 Å². The van der Waals surface area contributed by atoms with E-state index in [-0.39, 0.29) is 11.6 Å². The lowest BCUT2D eigenvalue weighted by atomic mass is 10.2. The normalized spacial score (nSPS) is 9.62. The van der Waals surface area contributed by atoms with Gasteiger partial charge in [-0.3, -0.25) is 0 Å². The van der Waals surface area contributed by atoms with Gasteiger partial charge in [-0.05, 0) is 41.1 Å². The second kappa shape index (κ2) is 5.50. The smallest absolute Gasteiger partial charge is 0.335 e. The van der Waals surface area contributed by atoms with E-state index < -0.39 is 5.97 Å². The molecular weight excluding hydrogens is 276 g/mol. The van der Waals surface area contributed by atoms with E-state index in [0.29, 0.717) is 16.7 Å². The molecule has 0 saturated heterocycles. The van der Waals surface area contributed by atoms with Crippen molar-refractivity contribution in [1.82, 2.24) is 5.32 Å². The molecule has 86 valence electrons. The zero-order valence-corrected chi connectivity index (χ0v) is 10.2. The highest BCUT2D eigenvalue weighted by Crippen LogP contribution is 2.23. The predicted octanol–water partition coefficient (Wildman–Crippen LogP) is 2.29. The summed E-state index contributed by atoms with van der Waals surface area (Å²) in [6.45, 7) is 2.33. The number of benzene rings is 1. The molecular formula is C10H11BrN2O3. The molecule has 0 bridgehead atoms. The molecule has 0 saturated carbocycles. The highest BCUT2D eigenvalue weighted by molar-refractivity contribution is 9.10. The van der Waals surface area contributed by atoms with Gasteiger partial charge >= 0.3 is 12.0 Å². The molecule has 16 heavy (non-hydrogen) atoms. The van der Waals surface area contributed by atoms with Crippen LogP contribution >= 0.6 is 15.9 Å². The maximum Gasteiger partial charge on any atom is 0.335 e. The fourth-order valence-corrected chi connectivity index (χ4v) is 1.55. The van der Waals surface area contributed by atoms with Crippen LogP contribution in [-0.2, 0) is 0 Å². The molecule has 0 aliphatic heterocycles. The average molecular weight is 287 g/mol. The molecule has 0 aliphatic carbocycles. The number of hydrogen-bond donors (Lipinski definition) is 3. The molecule has 1 rings (SSSR count). The molecule has 3 N–H and O–H groups in total. The van der Waals surface area contributed by atoms with Crippen LogP contribution in [0, 0.1) is 0 Å². The minimum atomic E-state index is -1.01. The Hall–Kier alpha value is -1.56. The highest BCUT2D eigenvalue weighted by atomic mass is 79.9. The largest absolute Gasteiger partial charge is 0.478 e. The Morgan fingerprint density at radius 3 is 2.62 bits per heavy atom. The quantitative estimate of drug-likeness (QED) is 0.798. The van der Waals surface area contributed by atoms with Gasteiger partial charge in [-0.1, -0.05) is 0 Å². The van der Waals surface area contributed by atoms with E-state index in [1.165, 1.54) is 18.2 Å². The maximum atomic E-state index is 11.2. The van der Waals surface area contributed by atoms with Gasteiger partial charge < -0.3 is 15.7 Å². The first-order valence-electron chi connectivity index (χ1n) is 4.62. The number of carboxylic acids is 1. The third-order valence-electron chi connectivity index (χ3n) is 1.80. The highest BCUT2D eigenvalue weighted by Gasteiger charge is 2.08. The standard InChI is InChI=1S/C10H11BrN2O3/c1-2-12-10(16)13-8-4-3-6(9(14)15)5-7(8)11/h3-5H,2H2,1H3,(H,14,15)(H2,12,13,16). The Kier molecular flexibility index (Phi) is 4.30. The number of hydrogen-bond acceptors (Lipinski definition) is 2. The summed E-state index contributed by atoms with van der Waals surface area (Å²) < 4.78 is 0.527. The van der Waals surface area contributed by atoms with Gasteiger partial charge in [0.2, 0.25) is 0 Å². The van der Waals surface area contributed by atoms with Gasteiger partial charge in [0.25, 0.3) is 0 Å². The molecule has 0 aromatic heterocycles. The van der Waals surface area contributed by atoms with Crippen LogP contribution in [0.5, 0.6) is 0 Å². The van der Waals surface area contributed by atoms with E-state index in [4.69, 9.17) is 5.11 Å². The van der Waals surface area contributed by atoms with Crippen LogP contribution in [0.25, 0.3) is 0 Å². The molecule has 2 amide bonds. The molecule has 0 spiro atoms. The Morgan fingerprint density at radius 1 is 1.44 bits per heavy atom. The fraction of sp³-hybridized carbons (Fsp3) is 0.200. The molecule has 6 heteroatoms. The fourth-order valence-electron chi connectivity index (χ4n) is 1.08. The Morgan fingerprint density at radius 2 is 2.12 bits per heavy atom. The number of carboxylic acid groups (broad SMARTS) is 1. The predicted molar refractivity (Wildman–Crippen MR) is 63.8 cm³/mol. The van der Waals surface area contributed by atoms with Gasteiger partial charge in [0.1, 0.15) is 0 Å². The number of halogens is 1. The number of aromatic carboxylic acids is 1. The molecule has 0 radical (unpaired) electrons. The van der Waals surface area contributed by atoms with E-state index >= 15 is 0 Å². The van der Waals surface area contributed by atoms with Crippen LogP contribution in [0.3, 0.4) is 0 Å². The van der Waals surface area contributed by atoms with Crippen LogP contribution in [0.1, 0.15) is 17.3 Å². The van der Waals surface area contributed by atoms with E-state index in [2.05, 4.69) is 26.6 Å². The molecule has 0 aliphatic rings. The van der Waals surface area contributed by atoms with Gasteiger partial charge in [-0.15, -0.1) is 0 Å². The van der Waals surface area contributed by atoms with Gasteiger partial charge in [0.05, 0.1) is 11.3 Å². The van der Waals surface area contributed by atoms with E-state index in [9.17, 15) is 9.59 Å². The maximum absolute atomic E-state index is 11.2. The summed E-state index contributed by atoms with van der Waals surface area (Å²) in [6, 6.07) is 4.06. The zero-order valence-electron chi connectivity index (χ0n) is 8.58. The lowest BCUT2D eigenvalue weighted by Crippen LogP contribution is -2.28.